The number of hydrogen-bond donors (Lipinski definition) is 1. The van der Waals surface area contributed by atoms with Gasteiger partial charge in [0.1, 0.15) is 5.60 Å². The van der Waals surface area contributed by atoms with Gasteiger partial charge in [0.2, 0.25) is 0 Å². The number of morpholine rings is 1. The Morgan fingerprint density at radius 2 is 1.74 bits per heavy atom. The van der Waals surface area contributed by atoms with E-state index in [1.165, 1.54) is 5.56 Å². The summed E-state index contributed by atoms with van der Waals surface area (Å²) < 4.78 is 6.47. The van der Waals surface area contributed by atoms with Crippen molar-refractivity contribution in [3.63, 3.8) is 0 Å². The molecule has 1 amide bonds. The van der Waals surface area contributed by atoms with Crippen LogP contribution in [-0.2, 0) is 16.0 Å². The van der Waals surface area contributed by atoms with Crippen LogP contribution >= 0.6 is 12.4 Å². The Balaban J connectivity index is 0.00000210. The van der Waals surface area contributed by atoms with Crippen LogP contribution in [0.4, 0.5) is 0 Å². The van der Waals surface area contributed by atoms with Gasteiger partial charge in [-0.1, -0.05) is 30.3 Å². The zero-order chi connectivity index (χ0) is 18.0. The van der Waals surface area contributed by atoms with Crippen LogP contribution < -0.4 is 0 Å². The van der Waals surface area contributed by atoms with Gasteiger partial charge in [0.05, 0.1) is 5.60 Å². The Hall–Kier alpha value is -1.14. The molecule has 1 aliphatic carbocycles. The van der Waals surface area contributed by atoms with Gasteiger partial charge in [-0.15, -0.1) is 12.4 Å². The van der Waals surface area contributed by atoms with Gasteiger partial charge >= 0.3 is 0 Å². The fraction of sp³-hybridized carbons (Fsp3) is 0.667. The predicted octanol–water partition coefficient (Wildman–Crippen LogP) is 2.26. The summed E-state index contributed by atoms with van der Waals surface area (Å²) in [4.78, 5) is 17.2. The number of likely N-dealkylation sites (tertiary alicyclic amines) is 1. The lowest BCUT2D eigenvalue weighted by molar-refractivity contribution is -0.200. The summed E-state index contributed by atoms with van der Waals surface area (Å²) in [6, 6.07) is 10.6. The number of carbonyl (C=O) groups is 1. The van der Waals surface area contributed by atoms with Crippen LogP contribution in [0.5, 0.6) is 0 Å². The number of aliphatic hydroxyl groups excluding tert-OH is 1. The van der Waals surface area contributed by atoms with Crippen LogP contribution in [0.15, 0.2) is 30.3 Å². The minimum Gasteiger partial charge on any atom is -0.396 e. The maximum atomic E-state index is 12.7. The van der Waals surface area contributed by atoms with Gasteiger partial charge in [0.25, 0.3) is 5.91 Å². The molecule has 5 nitrogen and oxygen atoms in total. The minimum absolute atomic E-state index is 0. The molecule has 1 saturated carbocycles. The Bertz CT molecular complexity index is 628. The number of rotatable bonds is 6. The molecule has 2 aliphatic heterocycles. The molecule has 0 radical (unpaired) electrons. The average Bonchev–Trinajstić information content (AvgIpc) is 3.44. The lowest BCUT2D eigenvalue weighted by Gasteiger charge is -2.50. The van der Waals surface area contributed by atoms with Gasteiger partial charge < -0.3 is 19.6 Å². The van der Waals surface area contributed by atoms with E-state index in [4.69, 9.17) is 9.84 Å². The molecule has 0 unspecified atom stereocenters. The number of amides is 1. The number of carbonyl (C=O) groups excluding carboxylic acids is 1. The summed E-state index contributed by atoms with van der Waals surface area (Å²) in [6.45, 7) is 4.63. The maximum Gasteiger partial charge on any atom is 0.254 e. The minimum atomic E-state index is -0.528. The third-order valence-corrected chi connectivity index (χ3v) is 6.18. The van der Waals surface area contributed by atoms with E-state index in [1.807, 2.05) is 4.90 Å². The van der Waals surface area contributed by atoms with E-state index in [9.17, 15) is 4.79 Å². The van der Waals surface area contributed by atoms with E-state index >= 15 is 0 Å². The van der Waals surface area contributed by atoms with E-state index in [0.29, 0.717) is 19.5 Å². The highest BCUT2D eigenvalue weighted by Crippen LogP contribution is 2.49. The van der Waals surface area contributed by atoms with Crippen LogP contribution in [0.3, 0.4) is 0 Å². The summed E-state index contributed by atoms with van der Waals surface area (Å²) in [5, 5.41) is 9.14. The van der Waals surface area contributed by atoms with E-state index in [2.05, 4.69) is 35.2 Å². The zero-order valence-corrected chi connectivity index (χ0v) is 16.8. The summed E-state index contributed by atoms with van der Waals surface area (Å²) in [5.74, 6) is 0.156. The fourth-order valence-corrected chi connectivity index (χ4v) is 4.45. The summed E-state index contributed by atoms with van der Waals surface area (Å²) in [7, 11) is 0. The number of benzene rings is 1. The van der Waals surface area contributed by atoms with Gasteiger partial charge in [-0.2, -0.15) is 0 Å². The largest absolute Gasteiger partial charge is 0.396 e. The van der Waals surface area contributed by atoms with Gasteiger partial charge in [-0.3, -0.25) is 4.79 Å². The Labute approximate surface area is 168 Å². The number of ether oxygens (including phenoxy) is 1. The van der Waals surface area contributed by atoms with Gasteiger partial charge in [0, 0.05) is 39.3 Å². The molecular weight excluding hydrogens is 364 g/mol. The monoisotopic (exact) mass is 394 g/mol. The molecule has 3 aliphatic rings. The van der Waals surface area contributed by atoms with Crippen LogP contribution in [-0.4, -0.2) is 71.3 Å². The quantitative estimate of drug-likeness (QED) is 0.804. The van der Waals surface area contributed by atoms with Crippen molar-refractivity contribution in [2.75, 3.05) is 39.3 Å². The third-order valence-electron chi connectivity index (χ3n) is 6.18. The van der Waals surface area contributed by atoms with Gasteiger partial charge in [-0.25, -0.2) is 0 Å². The predicted molar refractivity (Wildman–Crippen MR) is 107 cm³/mol. The second-order valence-corrected chi connectivity index (χ2v) is 8.16. The van der Waals surface area contributed by atoms with E-state index in [1.54, 1.807) is 0 Å². The maximum absolute atomic E-state index is 12.7. The molecule has 2 heterocycles. The topological polar surface area (TPSA) is 53.0 Å². The van der Waals surface area contributed by atoms with Crippen molar-refractivity contribution in [3.05, 3.63) is 35.9 Å². The average molecular weight is 395 g/mol. The normalized spacial score (nSPS) is 23.4. The van der Waals surface area contributed by atoms with Crippen molar-refractivity contribution in [3.8, 4) is 0 Å². The standard InChI is InChI=1S/C21H30N2O3.ClH/c24-16-4-12-23-17-20(26-21(8-9-21)19(23)25)10-14-22(15-11-20)13-7-18-5-2-1-3-6-18;/h1-3,5-6,24H,4,7-17H2;1H. The van der Waals surface area contributed by atoms with E-state index in [0.717, 1.165) is 51.7 Å². The molecule has 1 aromatic rings. The first-order chi connectivity index (χ1) is 12.6. The smallest absolute Gasteiger partial charge is 0.254 e. The first-order valence-electron chi connectivity index (χ1n) is 10.0. The molecule has 4 rings (SSSR count). The van der Waals surface area contributed by atoms with E-state index < -0.39 is 5.60 Å². The molecule has 150 valence electrons. The molecule has 0 bridgehead atoms. The molecule has 6 heteroatoms. The second kappa shape index (κ2) is 8.48. The Morgan fingerprint density at radius 1 is 1.04 bits per heavy atom. The molecule has 0 atom stereocenters. The van der Waals surface area contributed by atoms with Crippen molar-refractivity contribution in [1.82, 2.24) is 9.80 Å². The molecule has 2 spiro atoms. The van der Waals surface area contributed by atoms with Gasteiger partial charge in [0.15, 0.2) is 0 Å². The van der Waals surface area contributed by atoms with Crippen LogP contribution in [0.25, 0.3) is 0 Å². The number of nitrogens with zero attached hydrogens (tertiary/aromatic N) is 2. The highest BCUT2D eigenvalue weighted by Gasteiger charge is 2.61. The van der Waals surface area contributed by atoms with Crippen molar-refractivity contribution in [1.29, 1.82) is 0 Å². The molecule has 1 aromatic carbocycles. The molecule has 3 fully saturated rings. The van der Waals surface area contributed by atoms with Crippen LogP contribution in [0, 0.1) is 0 Å². The first-order valence-corrected chi connectivity index (χ1v) is 10.0. The Morgan fingerprint density at radius 3 is 2.37 bits per heavy atom. The molecule has 27 heavy (non-hydrogen) atoms. The number of aliphatic hydroxyl groups is 1. The number of hydrogen-bond acceptors (Lipinski definition) is 4. The SMILES string of the molecule is Cl.O=C1N(CCCO)CC2(CCN(CCc3ccccc3)CC2)OC12CC2. The molecule has 0 aromatic heterocycles. The number of piperidine rings is 1. The summed E-state index contributed by atoms with van der Waals surface area (Å²) in [5.41, 5.74) is 0.683. The van der Waals surface area contributed by atoms with Crippen molar-refractivity contribution in [2.45, 2.75) is 49.7 Å². The fourth-order valence-electron chi connectivity index (χ4n) is 4.45. The number of halogens is 1. The molecule has 2 saturated heterocycles. The lowest BCUT2D eigenvalue weighted by Crippen LogP contribution is -2.63. The second-order valence-electron chi connectivity index (χ2n) is 8.16. The molecular formula is C21H31ClN2O3. The summed E-state index contributed by atoms with van der Waals surface area (Å²) >= 11 is 0. The van der Waals surface area contributed by atoms with Crippen LogP contribution in [0.1, 0.15) is 37.7 Å². The first kappa shape index (κ1) is 20.6. The van der Waals surface area contributed by atoms with Crippen LogP contribution in [0.2, 0.25) is 0 Å². The highest BCUT2D eigenvalue weighted by atomic mass is 35.5. The lowest BCUT2D eigenvalue weighted by atomic mass is 9.87. The zero-order valence-electron chi connectivity index (χ0n) is 15.9. The molecule has 1 N–H and O–H groups in total. The van der Waals surface area contributed by atoms with Crippen molar-refractivity contribution < 1.29 is 14.6 Å². The highest BCUT2D eigenvalue weighted by molar-refractivity contribution is 5.89. The Kier molecular flexibility index (Phi) is 6.46. The third kappa shape index (κ3) is 4.48. The summed E-state index contributed by atoms with van der Waals surface area (Å²) in [6.07, 6.45) is 5.45. The van der Waals surface area contributed by atoms with E-state index in [-0.39, 0.29) is 30.5 Å². The van der Waals surface area contributed by atoms with Gasteiger partial charge in [-0.05, 0) is 44.1 Å². The van der Waals surface area contributed by atoms with Crippen molar-refractivity contribution in [2.24, 2.45) is 0 Å². The van der Waals surface area contributed by atoms with Crippen molar-refractivity contribution >= 4 is 18.3 Å².